The van der Waals surface area contributed by atoms with Crippen LogP contribution in [0.5, 0.6) is 0 Å². The van der Waals surface area contributed by atoms with Crippen molar-refractivity contribution in [3.8, 4) is 0 Å². The number of carboxylic acids is 1. The van der Waals surface area contributed by atoms with Gasteiger partial charge < -0.3 is 5.11 Å². The first-order valence-electron chi connectivity index (χ1n) is 7.98. The second-order valence-corrected chi connectivity index (χ2v) is 7.27. The molecule has 142 valence electrons. The minimum Gasteiger partial charge on any atom is -0.478 e. The van der Waals surface area contributed by atoms with Gasteiger partial charge in [-0.05, 0) is 36.6 Å². The molecule has 2 atom stereocenters. The van der Waals surface area contributed by atoms with Crippen LogP contribution in [0.3, 0.4) is 0 Å². The molecule has 1 aliphatic carbocycles. The molecule has 2 aliphatic rings. The SMILES string of the molecule is O=C(O)c1ccc(CC2SC(=O)N(C3C=C(C(F)(F)F)C=CC3)C2=O)cc1. The molecule has 1 N–H and O–H groups in total. The number of carbonyl (C=O) groups excluding carboxylic acids is 2. The highest BCUT2D eigenvalue weighted by Gasteiger charge is 2.44. The number of imide groups is 1. The fourth-order valence-corrected chi connectivity index (χ4v) is 4.01. The molecule has 0 spiro atoms. The summed E-state index contributed by atoms with van der Waals surface area (Å²) >= 11 is 0.776. The van der Waals surface area contributed by atoms with Gasteiger partial charge in [-0.2, -0.15) is 13.2 Å². The van der Waals surface area contributed by atoms with E-state index in [9.17, 15) is 27.6 Å². The molecule has 0 bridgehead atoms. The number of carbonyl (C=O) groups is 3. The Morgan fingerprint density at radius 3 is 2.48 bits per heavy atom. The highest BCUT2D eigenvalue weighted by molar-refractivity contribution is 8.15. The maximum atomic E-state index is 12.9. The molecule has 2 unspecified atom stereocenters. The normalized spacial score (nSPS) is 22.9. The van der Waals surface area contributed by atoms with Gasteiger partial charge in [0.2, 0.25) is 5.91 Å². The molecule has 27 heavy (non-hydrogen) atoms. The number of alkyl halides is 3. The first-order chi connectivity index (χ1) is 12.7. The predicted octanol–water partition coefficient (Wildman–Crippen LogP) is 3.81. The highest BCUT2D eigenvalue weighted by atomic mass is 32.2. The second-order valence-electron chi connectivity index (χ2n) is 6.11. The Hall–Kier alpha value is -2.55. The summed E-state index contributed by atoms with van der Waals surface area (Å²) in [5.41, 5.74) is -0.117. The van der Waals surface area contributed by atoms with Crippen LogP contribution < -0.4 is 0 Å². The molecule has 1 aliphatic heterocycles. The van der Waals surface area contributed by atoms with Gasteiger partial charge >= 0.3 is 12.1 Å². The van der Waals surface area contributed by atoms with Crippen molar-refractivity contribution in [3.05, 3.63) is 59.2 Å². The Balaban J connectivity index is 1.74. The van der Waals surface area contributed by atoms with Crippen molar-refractivity contribution in [2.45, 2.75) is 30.3 Å². The second kappa shape index (κ2) is 7.22. The van der Waals surface area contributed by atoms with Crippen LogP contribution in [-0.4, -0.2) is 44.6 Å². The zero-order valence-corrected chi connectivity index (χ0v) is 14.6. The molecule has 1 saturated heterocycles. The topological polar surface area (TPSA) is 74.7 Å². The van der Waals surface area contributed by atoms with E-state index in [0.717, 1.165) is 28.8 Å². The number of benzene rings is 1. The van der Waals surface area contributed by atoms with E-state index in [0.29, 0.717) is 5.56 Å². The quantitative estimate of drug-likeness (QED) is 0.836. The van der Waals surface area contributed by atoms with Crippen molar-refractivity contribution in [3.63, 3.8) is 0 Å². The minimum absolute atomic E-state index is 0.0978. The van der Waals surface area contributed by atoms with Crippen molar-refractivity contribution >= 4 is 28.9 Å². The number of amides is 2. The zero-order chi connectivity index (χ0) is 19.8. The molecule has 3 rings (SSSR count). The number of hydrogen-bond donors (Lipinski definition) is 1. The molecule has 1 aromatic rings. The molecule has 5 nitrogen and oxygen atoms in total. The van der Waals surface area contributed by atoms with Crippen molar-refractivity contribution in [2.75, 3.05) is 0 Å². The van der Waals surface area contributed by atoms with Crippen LogP contribution in [0.1, 0.15) is 22.3 Å². The third-order valence-corrected chi connectivity index (χ3v) is 5.33. The number of hydrogen-bond acceptors (Lipinski definition) is 4. The third kappa shape index (κ3) is 4.08. The lowest BCUT2D eigenvalue weighted by Gasteiger charge is -2.25. The predicted molar refractivity (Wildman–Crippen MR) is 92.4 cm³/mol. The van der Waals surface area contributed by atoms with E-state index in [1.54, 1.807) is 12.1 Å². The average Bonchev–Trinajstić information content (AvgIpc) is 2.88. The van der Waals surface area contributed by atoms with E-state index < -0.39 is 40.2 Å². The standard InChI is InChI=1S/C18H14F3NO4S/c19-18(20,21)12-2-1-3-13(9-12)22-15(23)14(27-17(22)26)8-10-4-6-11(7-5-10)16(24)25/h1-2,4-7,9,13-14H,3,8H2,(H,24,25). The van der Waals surface area contributed by atoms with E-state index in [4.69, 9.17) is 5.11 Å². The molecule has 2 amide bonds. The van der Waals surface area contributed by atoms with Crippen LogP contribution in [0.25, 0.3) is 0 Å². The number of nitrogens with zero attached hydrogens (tertiary/aromatic N) is 1. The molecule has 1 aromatic carbocycles. The monoisotopic (exact) mass is 397 g/mol. The van der Waals surface area contributed by atoms with Gasteiger partial charge in [0.1, 0.15) is 0 Å². The largest absolute Gasteiger partial charge is 0.478 e. The highest BCUT2D eigenvalue weighted by Crippen LogP contribution is 2.36. The number of rotatable bonds is 4. The van der Waals surface area contributed by atoms with Crippen LogP contribution in [0, 0.1) is 0 Å². The molecule has 9 heteroatoms. The lowest BCUT2D eigenvalue weighted by atomic mass is 10.0. The van der Waals surface area contributed by atoms with Gasteiger partial charge in [0.25, 0.3) is 5.24 Å². The third-order valence-electron chi connectivity index (χ3n) is 4.28. The Kier molecular flexibility index (Phi) is 5.14. The molecule has 1 heterocycles. The Morgan fingerprint density at radius 2 is 1.89 bits per heavy atom. The van der Waals surface area contributed by atoms with Gasteiger partial charge in [0.05, 0.1) is 22.4 Å². The number of thioether (sulfide) groups is 1. The van der Waals surface area contributed by atoms with Crippen LogP contribution in [0.2, 0.25) is 0 Å². The fourth-order valence-electron chi connectivity index (χ4n) is 2.93. The molecular weight excluding hydrogens is 383 g/mol. The van der Waals surface area contributed by atoms with Crippen LogP contribution in [0.4, 0.5) is 18.0 Å². The van der Waals surface area contributed by atoms with Crippen molar-refractivity contribution in [1.29, 1.82) is 0 Å². The number of halogens is 3. The van der Waals surface area contributed by atoms with E-state index in [1.807, 2.05) is 0 Å². The minimum atomic E-state index is -4.54. The van der Waals surface area contributed by atoms with Crippen molar-refractivity contribution in [2.24, 2.45) is 0 Å². The van der Waals surface area contributed by atoms with E-state index in [2.05, 4.69) is 0 Å². The molecule has 1 fully saturated rings. The number of carboxylic acid groups (broad SMARTS) is 1. The van der Waals surface area contributed by atoms with Crippen LogP contribution in [0.15, 0.2) is 48.1 Å². The Labute approximate surface area is 156 Å². The van der Waals surface area contributed by atoms with Crippen molar-refractivity contribution < 1.29 is 32.7 Å². The summed E-state index contributed by atoms with van der Waals surface area (Å²) in [5.74, 6) is -1.61. The average molecular weight is 397 g/mol. The van der Waals surface area contributed by atoms with E-state index >= 15 is 0 Å². The molecular formula is C18H14F3NO4S. The van der Waals surface area contributed by atoms with Gasteiger partial charge in [-0.3, -0.25) is 14.5 Å². The first kappa shape index (κ1) is 19.2. The van der Waals surface area contributed by atoms with E-state index in [1.165, 1.54) is 18.2 Å². The van der Waals surface area contributed by atoms with Gasteiger partial charge in [-0.15, -0.1) is 0 Å². The van der Waals surface area contributed by atoms with Crippen LogP contribution in [-0.2, 0) is 11.2 Å². The van der Waals surface area contributed by atoms with Gasteiger partial charge in [-0.1, -0.05) is 36.0 Å². The zero-order valence-electron chi connectivity index (χ0n) is 13.8. The Bertz CT molecular complexity index is 845. The lowest BCUT2D eigenvalue weighted by molar-refractivity contribution is -0.127. The number of allylic oxidation sites excluding steroid dienone is 2. The summed E-state index contributed by atoms with van der Waals surface area (Å²) in [4.78, 5) is 36.6. The van der Waals surface area contributed by atoms with Crippen LogP contribution >= 0.6 is 11.8 Å². The summed E-state index contributed by atoms with van der Waals surface area (Å²) in [6.07, 6.45) is -1.08. The van der Waals surface area contributed by atoms with Gasteiger partial charge in [0.15, 0.2) is 0 Å². The smallest absolute Gasteiger partial charge is 0.416 e. The lowest BCUT2D eigenvalue weighted by Crippen LogP contribution is -2.41. The fraction of sp³-hybridized carbons (Fsp3) is 0.278. The Morgan fingerprint density at radius 1 is 1.22 bits per heavy atom. The molecule has 0 aromatic heterocycles. The molecule has 0 saturated carbocycles. The summed E-state index contributed by atoms with van der Waals surface area (Å²) in [7, 11) is 0. The van der Waals surface area contributed by atoms with Gasteiger partial charge in [-0.25, -0.2) is 4.79 Å². The summed E-state index contributed by atoms with van der Waals surface area (Å²) < 4.78 is 38.7. The summed E-state index contributed by atoms with van der Waals surface area (Å²) in [6, 6.07) is 4.93. The summed E-state index contributed by atoms with van der Waals surface area (Å²) in [5, 5.41) is 7.57. The summed E-state index contributed by atoms with van der Waals surface area (Å²) in [6.45, 7) is 0. The van der Waals surface area contributed by atoms with Gasteiger partial charge in [0, 0.05) is 0 Å². The maximum absolute atomic E-state index is 12.9. The van der Waals surface area contributed by atoms with E-state index in [-0.39, 0.29) is 18.4 Å². The first-order valence-corrected chi connectivity index (χ1v) is 8.86. The number of aromatic carboxylic acids is 1. The maximum Gasteiger partial charge on any atom is 0.416 e. The van der Waals surface area contributed by atoms with Crippen molar-refractivity contribution in [1.82, 2.24) is 4.90 Å². The molecule has 0 radical (unpaired) electrons.